The molecule has 0 aromatic heterocycles. The zero-order valence-corrected chi connectivity index (χ0v) is 30.2. The topological polar surface area (TPSA) is 52.6 Å². The van der Waals surface area contributed by atoms with Gasteiger partial charge in [-0.15, -0.1) is 0 Å². The summed E-state index contributed by atoms with van der Waals surface area (Å²) in [5, 5.41) is 0. The van der Waals surface area contributed by atoms with Gasteiger partial charge in [-0.25, -0.2) is 0 Å². The van der Waals surface area contributed by atoms with Crippen molar-refractivity contribution in [2.24, 2.45) is 17.3 Å². The maximum absolute atomic E-state index is 13.1. The molecular weight excluding hydrogens is 544 g/mol. The van der Waals surface area contributed by atoms with Crippen molar-refractivity contribution in [1.29, 1.82) is 0 Å². The number of hydrogen-bond acceptors (Lipinski definition) is 4. The highest BCUT2D eigenvalue weighted by atomic mass is 16.6. The van der Waals surface area contributed by atoms with Crippen molar-refractivity contribution in [3.8, 4) is 0 Å². The molecule has 1 fully saturated rings. The summed E-state index contributed by atoms with van der Waals surface area (Å²) in [6.45, 7) is 10.1. The van der Waals surface area contributed by atoms with Crippen LogP contribution in [-0.2, 0) is 19.1 Å². The van der Waals surface area contributed by atoms with E-state index in [1.807, 2.05) is 0 Å². The van der Waals surface area contributed by atoms with Crippen molar-refractivity contribution in [1.82, 2.24) is 0 Å². The van der Waals surface area contributed by atoms with Crippen LogP contribution in [0.2, 0.25) is 0 Å². The smallest absolute Gasteiger partial charge is 0.323 e. The van der Waals surface area contributed by atoms with Crippen LogP contribution in [-0.4, -0.2) is 25.2 Å². The molecule has 0 aromatic carbocycles. The molecule has 0 heterocycles. The summed E-state index contributed by atoms with van der Waals surface area (Å²) in [5.74, 6) is 1.04. The Kier molecular flexibility index (Phi) is 26.2. The second-order valence-corrected chi connectivity index (χ2v) is 15.1. The van der Waals surface area contributed by atoms with E-state index >= 15 is 0 Å². The fourth-order valence-corrected chi connectivity index (χ4v) is 6.74. The molecule has 1 saturated carbocycles. The molecule has 1 rings (SSSR count). The third kappa shape index (κ3) is 21.6. The Morgan fingerprint density at radius 3 is 1.00 bits per heavy atom. The predicted molar refractivity (Wildman–Crippen MR) is 188 cm³/mol. The van der Waals surface area contributed by atoms with Gasteiger partial charge in [0.2, 0.25) is 0 Å². The molecule has 4 heteroatoms. The lowest BCUT2D eigenvalue weighted by molar-refractivity contribution is -0.175. The van der Waals surface area contributed by atoms with Gasteiger partial charge >= 0.3 is 11.9 Å². The third-order valence-electron chi connectivity index (χ3n) is 9.81. The van der Waals surface area contributed by atoms with Gasteiger partial charge in [0.05, 0.1) is 13.2 Å². The molecule has 0 atom stereocenters. The number of rotatable bonds is 30. The second-order valence-electron chi connectivity index (χ2n) is 15.1. The van der Waals surface area contributed by atoms with Gasteiger partial charge in [0.25, 0.3) is 0 Å². The molecule has 0 amide bonds. The average Bonchev–Trinajstić information content (AvgIpc) is 3.01. The first-order valence-corrected chi connectivity index (χ1v) is 19.7. The minimum atomic E-state index is -1.05. The third-order valence-corrected chi connectivity index (χ3v) is 9.81. The normalized spacial score (nSPS) is 14.8. The number of unbranched alkanes of at least 4 members (excludes halogenated alkanes) is 20. The van der Waals surface area contributed by atoms with Gasteiger partial charge in [-0.2, -0.15) is 0 Å². The summed E-state index contributed by atoms with van der Waals surface area (Å²) in [5.41, 5.74) is -1.05. The maximum atomic E-state index is 13.1. The van der Waals surface area contributed by atoms with Gasteiger partial charge in [-0.1, -0.05) is 188 Å². The van der Waals surface area contributed by atoms with Gasteiger partial charge in [0.15, 0.2) is 5.41 Å². The Morgan fingerprint density at radius 2 is 0.705 bits per heavy atom. The Balaban J connectivity index is 2.06. The lowest BCUT2D eigenvalue weighted by atomic mass is 9.74. The van der Waals surface area contributed by atoms with Crippen LogP contribution in [0.1, 0.15) is 214 Å². The van der Waals surface area contributed by atoms with E-state index in [1.165, 1.54) is 128 Å². The van der Waals surface area contributed by atoms with Crippen LogP contribution in [0.3, 0.4) is 0 Å². The standard InChI is InChI=1S/C40H76O4/c1-36(2)30-24-19-15-11-7-5-9-13-17-21-28-34-43-38(41)40(32-26-23-27-33-40)39(42)44-35-29-22-18-14-10-6-8-12-16-20-25-31-37(3)4/h36-37H,5-35H2,1-4H3. The number of ether oxygens (including phenoxy) is 2. The van der Waals surface area contributed by atoms with E-state index in [2.05, 4.69) is 27.7 Å². The molecule has 0 aliphatic heterocycles. The van der Waals surface area contributed by atoms with E-state index in [0.717, 1.165) is 56.8 Å². The first-order valence-electron chi connectivity index (χ1n) is 19.7. The largest absolute Gasteiger partial charge is 0.465 e. The predicted octanol–water partition coefficient (Wildman–Crippen LogP) is 12.7. The SMILES string of the molecule is CC(C)CCCCCCCCCCCCCOC(=O)C1(C(=O)OCCCCCCCCCCCCCC(C)C)CCCCC1. The van der Waals surface area contributed by atoms with E-state index in [9.17, 15) is 9.59 Å². The Hall–Kier alpha value is -1.06. The molecular formula is C40H76O4. The molecule has 0 aromatic rings. The van der Waals surface area contributed by atoms with Crippen LogP contribution in [0, 0.1) is 17.3 Å². The summed E-state index contributed by atoms with van der Waals surface area (Å²) in [7, 11) is 0. The van der Waals surface area contributed by atoms with Crippen LogP contribution in [0.5, 0.6) is 0 Å². The van der Waals surface area contributed by atoms with Crippen LogP contribution in [0.4, 0.5) is 0 Å². The summed E-state index contributed by atoms with van der Waals surface area (Å²) in [6, 6.07) is 0. The fourth-order valence-electron chi connectivity index (χ4n) is 6.74. The minimum absolute atomic E-state index is 0.324. The quantitative estimate of drug-likeness (QED) is 0.0455. The Bertz CT molecular complexity index is 614. The van der Waals surface area contributed by atoms with Crippen molar-refractivity contribution in [3.05, 3.63) is 0 Å². The lowest BCUT2D eigenvalue weighted by Gasteiger charge is -2.32. The lowest BCUT2D eigenvalue weighted by Crippen LogP contribution is -2.43. The van der Waals surface area contributed by atoms with Gasteiger partial charge in [-0.05, 0) is 37.5 Å². The Morgan fingerprint density at radius 1 is 0.432 bits per heavy atom. The highest BCUT2D eigenvalue weighted by Gasteiger charge is 2.49. The van der Waals surface area contributed by atoms with E-state index in [-0.39, 0.29) is 11.9 Å². The molecule has 260 valence electrons. The summed E-state index contributed by atoms with van der Waals surface area (Å²) >= 11 is 0. The van der Waals surface area contributed by atoms with Crippen LogP contribution >= 0.6 is 0 Å². The number of esters is 2. The number of carbonyl (C=O) groups is 2. The van der Waals surface area contributed by atoms with Crippen molar-refractivity contribution >= 4 is 11.9 Å². The van der Waals surface area contributed by atoms with E-state index in [4.69, 9.17) is 9.47 Å². The van der Waals surface area contributed by atoms with Gasteiger partial charge in [0.1, 0.15) is 0 Å². The van der Waals surface area contributed by atoms with E-state index < -0.39 is 5.41 Å². The molecule has 0 radical (unpaired) electrons. The van der Waals surface area contributed by atoms with Crippen molar-refractivity contribution in [3.63, 3.8) is 0 Å². The zero-order valence-electron chi connectivity index (χ0n) is 30.2. The summed E-state index contributed by atoms with van der Waals surface area (Å²) < 4.78 is 11.4. The summed E-state index contributed by atoms with van der Waals surface area (Å²) in [6.07, 6.45) is 35.0. The monoisotopic (exact) mass is 621 g/mol. The average molecular weight is 621 g/mol. The van der Waals surface area contributed by atoms with Gasteiger partial charge < -0.3 is 9.47 Å². The van der Waals surface area contributed by atoms with Crippen molar-refractivity contribution in [2.45, 2.75) is 214 Å². The molecule has 0 bridgehead atoms. The van der Waals surface area contributed by atoms with Gasteiger partial charge in [-0.3, -0.25) is 9.59 Å². The maximum Gasteiger partial charge on any atom is 0.323 e. The first-order chi connectivity index (χ1) is 21.4. The van der Waals surface area contributed by atoms with Crippen molar-refractivity contribution < 1.29 is 19.1 Å². The molecule has 4 nitrogen and oxygen atoms in total. The van der Waals surface area contributed by atoms with E-state index in [0.29, 0.717) is 26.1 Å². The molecule has 44 heavy (non-hydrogen) atoms. The second kappa shape index (κ2) is 28.2. The molecule has 0 saturated heterocycles. The highest BCUT2D eigenvalue weighted by Crippen LogP contribution is 2.39. The highest BCUT2D eigenvalue weighted by molar-refractivity contribution is 6.00. The van der Waals surface area contributed by atoms with Crippen LogP contribution in [0.15, 0.2) is 0 Å². The van der Waals surface area contributed by atoms with Crippen molar-refractivity contribution in [2.75, 3.05) is 13.2 Å². The Labute approximate surface area is 275 Å². The van der Waals surface area contributed by atoms with Crippen LogP contribution in [0.25, 0.3) is 0 Å². The van der Waals surface area contributed by atoms with Gasteiger partial charge in [0, 0.05) is 0 Å². The molecule has 1 aliphatic carbocycles. The minimum Gasteiger partial charge on any atom is -0.465 e. The zero-order chi connectivity index (χ0) is 32.1. The summed E-state index contributed by atoms with van der Waals surface area (Å²) in [4.78, 5) is 26.3. The fraction of sp³-hybridized carbons (Fsp3) is 0.950. The molecule has 0 N–H and O–H groups in total. The number of carbonyl (C=O) groups excluding carboxylic acids is 2. The molecule has 1 aliphatic rings. The van der Waals surface area contributed by atoms with Crippen LogP contribution < -0.4 is 0 Å². The molecule has 0 spiro atoms. The van der Waals surface area contributed by atoms with E-state index in [1.54, 1.807) is 0 Å². The number of hydrogen-bond donors (Lipinski definition) is 0. The molecule has 0 unspecified atom stereocenters. The first kappa shape index (κ1) is 41.0.